The van der Waals surface area contributed by atoms with E-state index in [1.54, 1.807) is 0 Å². The first kappa shape index (κ1) is 13.5. The maximum absolute atomic E-state index is 5.64. The van der Waals surface area contributed by atoms with Gasteiger partial charge in [-0.3, -0.25) is 0 Å². The lowest BCUT2D eigenvalue weighted by Gasteiger charge is -2.14. The highest BCUT2D eigenvalue weighted by molar-refractivity contribution is 5.66. The standard InChI is InChI=1S/C17H21NO/c1-12(2)19-16-10-8-15(9-11-16)18-17-13(3)6-5-7-14(17)4/h5-12,18H,1-4H3. The van der Waals surface area contributed by atoms with Gasteiger partial charge in [0.25, 0.3) is 0 Å². The summed E-state index contributed by atoms with van der Waals surface area (Å²) < 4.78 is 5.64. The lowest BCUT2D eigenvalue weighted by atomic mass is 10.1. The van der Waals surface area contributed by atoms with Crippen molar-refractivity contribution in [3.05, 3.63) is 53.6 Å². The number of para-hydroxylation sites is 1. The zero-order chi connectivity index (χ0) is 13.8. The number of nitrogens with one attached hydrogen (secondary N) is 1. The molecule has 0 amide bonds. The Morgan fingerprint density at radius 2 is 1.47 bits per heavy atom. The van der Waals surface area contributed by atoms with Gasteiger partial charge in [0.1, 0.15) is 5.75 Å². The molecule has 2 heteroatoms. The van der Waals surface area contributed by atoms with Gasteiger partial charge in [-0.15, -0.1) is 0 Å². The van der Waals surface area contributed by atoms with Crippen molar-refractivity contribution in [1.82, 2.24) is 0 Å². The summed E-state index contributed by atoms with van der Waals surface area (Å²) in [6, 6.07) is 14.4. The van der Waals surface area contributed by atoms with Crippen LogP contribution in [0.3, 0.4) is 0 Å². The van der Waals surface area contributed by atoms with Crippen molar-refractivity contribution in [2.45, 2.75) is 33.8 Å². The number of ether oxygens (including phenoxy) is 1. The van der Waals surface area contributed by atoms with Gasteiger partial charge in [-0.2, -0.15) is 0 Å². The topological polar surface area (TPSA) is 21.3 Å². The van der Waals surface area contributed by atoms with Gasteiger partial charge in [0.2, 0.25) is 0 Å². The van der Waals surface area contributed by atoms with Gasteiger partial charge >= 0.3 is 0 Å². The van der Waals surface area contributed by atoms with E-state index in [1.807, 2.05) is 38.1 Å². The third kappa shape index (κ3) is 3.50. The summed E-state index contributed by atoms with van der Waals surface area (Å²) in [5, 5.41) is 3.47. The van der Waals surface area contributed by atoms with E-state index in [0.717, 1.165) is 11.4 Å². The molecular weight excluding hydrogens is 234 g/mol. The summed E-state index contributed by atoms with van der Waals surface area (Å²) in [4.78, 5) is 0. The van der Waals surface area contributed by atoms with Crippen LogP contribution in [-0.2, 0) is 0 Å². The number of aryl methyl sites for hydroxylation is 2. The van der Waals surface area contributed by atoms with Crippen LogP contribution in [0.1, 0.15) is 25.0 Å². The van der Waals surface area contributed by atoms with Crippen molar-refractivity contribution < 1.29 is 4.74 Å². The SMILES string of the molecule is Cc1cccc(C)c1Nc1ccc(OC(C)C)cc1. The minimum Gasteiger partial charge on any atom is -0.491 e. The molecule has 0 aliphatic carbocycles. The van der Waals surface area contributed by atoms with E-state index in [9.17, 15) is 0 Å². The van der Waals surface area contributed by atoms with Gasteiger partial charge in [0.05, 0.1) is 6.10 Å². The Balaban J connectivity index is 2.15. The number of rotatable bonds is 4. The monoisotopic (exact) mass is 255 g/mol. The van der Waals surface area contributed by atoms with Crippen LogP contribution in [0.15, 0.2) is 42.5 Å². The fourth-order valence-corrected chi connectivity index (χ4v) is 2.04. The van der Waals surface area contributed by atoms with Gasteiger partial charge < -0.3 is 10.1 Å². The molecule has 1 N–H and O–H groups in total. The minimum absolute atomic E-state index is 0.206. The summed E-state index contributed by atoms with van der Waals surface area (Å²) in [7, 11) is 0. The van der Waals surface area contributed by atoms with Crippen LogP contribution in [-0.4, -0.2) is 6.10 Å². The van der Waals surface area contributed by atoms with Crippen molar-refractivity contribution in [2.75, 3.05) is 5.32 Å². The molecule has 0 spiro atoms. The Kier molecular flexibility index (Phi) is 4.10. The molecule has 0 fully saturated rings. The molecule has 0 radical (unpaired) electrons. The predicted molar refractivity (Wildman–Crippen MR) is 81.4 cm³/mol. The third-order valence-electron chi connectivity index (χ3n) is 2.98. The summed E-state index contributed by atoms with van der Waals surface area (Å²) in [5.74, 6) is 0.905. The van der Waals surface area contributed by atoms with E-state index in [2.05, 4.69) is 37.4 Å². The van der Waals surface area contributed by atoms with Crippen molar-refractivity contribution >= 4 is 11.4 Å². The van der Waals surface area contributed by atoms with Crippen LogP contribution in [0.25, 0.3) is 0 Å². The molecule has 19 heavy (non-hydrogen) atoms. The van der Waals surface area contributed by atoms with Gasteiger partial charge in [0.15, 0.2) is 0 Å². The van der Waals surface area contributed by atoms with Crippen LogP contribution >= 0.6 is 0 Å². The van der Waals surface area contributed by atoms with E-state index in [0.29, 0.717) is 0 Å². The van der Waals surface area contributed by atoms with E-state index >= 15 is 0 Å². The molecule has 0 saturated carbocycles. The molecule has 0 aliphatic rings. The second-order valence-electron chi connectivity index (χ2n) is 5.08. The molecule has 100 valence electrons. The summed E-state index contributed by atoms with van der Waals surface area (Å²) >= 11 is 0. The summed E-state index contributed by atoms with van der Waals surface area (Å²) in [6.07, 6.45) is 0.206. The van der Waals surface area contributed by atoms with Crippen molar-refractivity contribution in [3.63, 3.8) is 0 Å². The highest BCUT2D eigenvalue weighted by Crippen LogP contribution is 2.25. The summed E-state index contributed by atoms with van der Waals surface area (Å²) in [6.45, 7) is 8.29. The highest BCUT2D eigenvalue weighted by atomic mass is 16.5. The number of hydrogen-bond acceptors (Lipinski definition) is 2. The molecule has 0 unspecified atom stereocenters. The molecule has 0 saturated heterocycles. The van der Waals surface area contributed by atoms with Gasteiger partial charge in [0, 0.05) is 11.4 Å². The molecule has 0 aromatic heterocycles. The Morgan fingerprint density at radius 3 is 2.00 bits per heavy atom. The number of anilines is 2. The maximum atomic E-state index is 5.64. The van der Waals surface area contributed by atoms with Crippen molar-refractivity contribution in [1.29, 1.82) is 0 Å². The zero-order valence-electron chi connectivity index (χ0n) is 12.0. The molecule has 2 aromatic rings. The average molecular weight is 255 g/mol. The largest absolute Gasteiger partial charge is 0.491 e. The van der Waals surface area contributed by atoms with Crippen LogP contribution in [0.2, 0.25) is 0 Å². The minimum atomic E-state index is 0.206. The van der Waals surface area contributed by atoms with E-state index in [4.69, 9.17) is 4.74 Å². The smallest absolute Gasteiger partial charge is 0.119 e. The quantitative estimate of drug-likeness (QED) is 0.844. The first-order valence-corrected chi connectivity index (χ1v) is 6.66. The third-order valence-corrected chi connectivity index (χ3v) is 2.98. The Morgan fingerprint density at radius 1 is 0.895 bits per heavy atom. The molecule has 2 rings (SSSR count). The van der Waals surface area contributed by atoms with E-state index in [1.165, 1.54) is 16.8 Å². The van der Waals surface area contributed by atoms with Gasteiger partial charge in [-0.25, -0.2) is 0 Å². The second-order valence-corrected chi connectivity index (χ2v) is 5.08. The number of hydrogen-bond donors (Lipinski definition) is 1. The van der Waals surface area contributed by atoms with Crippen LogP contribution in [0, 0.1) is 13.8 Å². The normalized spacial score (nSPS) is 10.6. The first-order valence-electron chi connectivity index (χ1n) is 6.66. The van der Waals surface area contributed by atoms with Crippen molar-refractivity contribution in [3.8, 4) is 5.75 Å². The Hall–Kier alpha value is -1.96. The van der Waals surface area contributed by atoms with Gasteiger partial charge in [-0.05, 0) is 63.1 Å². The zero-order valence-corrected chi connectivity index (χ0v) is 12.0. The lowest BCUT2D eigenvalue weighted by molar-refractivity contribution is 0.242. The molecular formula is C17H21NO. The Labute approximate surface area is 115 Å². The van der Waals surface area contributed by atoms with Gasteiger partial charge in [-0.1, -0.05) is 18.2 Å². The molecule has 2 aromatic carbocycles. The first-order chi connectivity index (χ1) is 9.06. The van der Waals surface area contributed by atoms with Crippen LogP contribution in [0.4, 0.5) is 11.4 Å². The maximum Gasteiger partial charge on any atom is 0.119 e. The highest BCUT2D eigenvalue weighted by Gasteiger charge is 2.03. The van der Waals surface area contributed by atoms with E-state index in [-0.39, 0.29) is 6.10 Å². The fraction of sp³-hybridized carbons (Fsp3) is 0.294. The van der Waals surface area contributed by atoms with E-state index < -0.39 is 0 Å². The molecule has 2 nitrogen and oxygen atoms in total. The van der Waals surface area contributed by atoms with Crippen LogP contribution < -0.4 is 10.1 Å². The predicted octanol–water partition coefficient (Wildman–Crippen LogP) is 4.83. The number of benzene rings is 2. The fourth-order valence-electron chi connectivity index (χ4n) is 2.04. The molecule has 0 heterocycles. The van der Waals surface area contributed by atoms with Crippen molar-refractivity contribution in [2.24, 2.45) is 0 Å². The molecule has 0 atom stereocenters. The molecule has 0 aliphatic heterocycles. The Bertz CT molecular complexity index is 523. The van der Waals surface area contributed by atoms with Crippen LogP contribution in [0.5, 0.6) is 5.75 Å². The summed E-state index contributed by atoms with van der Waals surface area (Å²) in [5.41, 5.74) is 4.76. The molecule has 0 bridgehead atoms. The average Bonchev–Trinajstić information content (AvgIpc) is 2.35. The second kappa shape index (κ2) is 5.79. The lowest BCUT2D eigenvalue weighted by Crippen LogP contribution is -2.05.